The Labute approximate surface area is 130 Å². The third kappa shape index (κ3) is 3.97. The van der Waals surface area contributed by atoms with E-state index in [1.807, 2.05) is 11.8 Å². The fourth-order valence-corrected chi connectivity index (χ4v) is 4.79. The van der Waals surface area contributed by atoms with Crippen molar-refractivity contribution in [2.75, 3.05) is 18.1 Å². The van der Waals surface area contributed by atoms with Crippen LogP contribution in [0.3, 0.4) is 0 Å². The van der Waals surface area contributed by atoms with Crippen LogP contribution in [0, 0.1) is 6.92 Å². The average molecular weight is 315 g/mol. The number of aryl methyl sites for hydroxylation is 1. The van der Waals surface area contributed by atoms with Crippen molar-refractivity contribution in [2.24, 2.45) is 0 Å². The van der Waals surface area contributed by atoms with Gasteiger partial charge in [-0.05, 0) is 38.2 Å². The summed E-state index contributed by atoms with van der Waals surface area (Å²) in [5.74, 6) is 2.63. The summed E-state index contributed by atoms with van der Waals surface area (Å²) in [5, 5.41) is 15.3. The Morgan fingerprint density at radius 1 is 1.30 bits per heavy atom. The summed E-state index contributed by atoms with van der Waals surface area (Å²) in [4.78, 5) is 5.96. The van der Waals surface area contributed by atoms with E-state index in [0.717, 1.165) is 30.0 Å². The zero-order valence-electron chi connectivity index (χ0n) is 12.9. The van der Waals surface area contributed by atoms with Crippen molar-refractivity contribution in [2.45, 2.75) is 58.1 Å². The van der Waals surface area contributed by atoms with E-state index in [-0.39, 0.29) is 6.04 Å². The number of rotatable bonds is 5. The molecule has 1 aliphatic heterocycles. The molecule has 2 heterocycles. The van der Waals surface area contributed by atoms with Crippen molar-refractivity contribution in [3.63, 3.8) is 0 Å². The summed E-state index contributed by atoms with van der Waals surface area (Å²) in [6.45, 7) is 9.31. The summed E-state index contributed by atoms with van der Waals surface area (Å²) < 4.78 is 0. The number of aliphatic hydroxyl groups is 1. The second-order valence-electron chi connectivity index (χ2n) is 6.10. The first-order valence-electron chi connectivity index (χ1n) is 7.42. The SMILES string of the molecule is Cc1nc(C(C)C)sc1C(C)NCC1(O)CCSCC1. The molecule has 0 spiro atoms. The zero-order valence-corrected chi connectivity index (χ0v) is 14.5. The Morgan fingerprint density at radius 3 is 2.50 bits per heavy atom. The molecule has 2 N–H and O–H groups in total. The van der Waals surface area contributed by atoms with Crippen LogP contribution < -0.4 is 5.32 Å². The number of aromatic nitrogens is 1. The molecule has 0 aromatic carbocycles. The van der Waals surface area contributed by atoms with Crippen LogP contribution in [-0.2, 0) is 0 Å². The molecule has 114 valence electrons. The molecule has 0 aliphatic carbocycles. The van der Waals surface area contributed by atoms with Gasteiger partial charge in [-0.1, -0.05) is 13.8 Å². The molecule has 0 amide bonds. The lowest BCUT2D eigenvalue weighted by atomic mass is 9.96. The van der Waals surface area contributed by atoms with Crippen LogP contribution in [-0.4, -0.2) is 33.7 Å². The first-order valence-corrected chi connectivity index (χ1v) is 9.39. The van der Waals surface area contributed by atoms with E-state index >= 15 is 0 Å². The first kappa shape index (κ1) is 16.3. The van der Waals surface area contributed by atoms with Gasteiger partial charge in [0.05, 0.1) is 16.3 Å². The molecular weight excluding hydrogens is 288 g/mol. The molecule has 2 rings (SSSR count). The quantitative estimate of drug-likeness (QED) is 0.873. The van der Waals surface area contributed by atoms with Crippen LogP contribution in [0.25, 0.3) is 0 Å². The van der Waals surface area contributed by atoms with E-state index in [1.54, 1.807) is 11.3 Å². The highest BCUT2D eigenvalue weighted by atomic mass is 32.2. The topological polar surface area (TPSA) is 45.2 Å². The molecule has 1 aromatic rings. The van der Waals surface area contributed by atoms with Gasteiger partial charge in [-0.3, -0.25) is 0 Å². The largest absolute Gasteiger partial charge is 0.389 e. The predicted octanol–water partition coefficient (Wildman–Crippen LogP) is 3.48. The van der Waals surface area contributed by atoms with E-state index in [2.05, 4.69) is 38.0 Å². The predicted molar refractivity (Wildman–Crippen MR) is 88.9 cm³/mol. The second-order valence-corrected chi connectivity index (χ2v) is 8.38. The smallest absolute Gasteiger partial charge is 0.0956 e. The fourth-order valence-electron chi connectivity index (χ4n) is 2.44. The molecular formula is C15H26N2OS2. The Hall–Kier alpha value is -0.100. The van der Waals surface area contributed by atoms with Gasteiger partial charge in [-0.15, -0.1) is 11.3 Å². The van der Waals surface area contributed by atoms with Gasteiger partial charge in [0, 0.05) is 23.4 Å². The monoisotopic (exact) mass is 314 g/mol. The van der Waals surface area contributed by atoms with Crippen molar-refractivity contribution in [1.29, 1.82) is 0 Å². The maximum Gasteiger partial charge on any atom is 0.0956 e. The minimum Gasteiger partial charge on any atom is -0.389 e. The van der Waals surface area contributed by atoms with Gasteiger partial charge in [-0.25, -0.2) is 4.98 Å². The van der Waals surface area contributed by atoms with Gasteiger partial charge >= 0.3 is 0 Å². The molecule has 20 heavy (non-hydrogen) atoms. The first-order chi connectivity index (χ1) is 9.41. The van der Waals surface area contributed by atoms with Crippen molar-refractivity contribution in [1.82, 2.24) is 10.3 Å². The zero-order chi connectivity index (χ0) is 14.8. The standard InChI is InChI=1S/C15H26N2OS2/c1-10(2)14-17-12(4)13(20-14)11(3)16-9-15(18)5-7-19-8-6-15/h10-11,16,18H,5-9H2,1-4H3. The maximum atomic E-state index is 10.5. The van der Waals surface area contributed by atoms with Crippen LogP contribution in [0.1, 0.15) is 61.2 Å². The molecule has 1 aromatic heterocycles. The number of hydrogen-bond acceptors (Lipinski definition) is 5. The Morgan fingerprint density at radius 2 is 1.95 bits per heavy atom. The summed E-state index contributed by atoms with van der Waals surface area (Å²) in [5.41, 5.74) is 0.615. The third-order valence-corrected chi connectivity index (χ3v) is 6.52. The molecule has 1 aliphatic rings. The minimum atomic E-state index is -0.515. The maximum absolute atomic E-state index is 10.5. The van der Waals surface area contributed by atoms with E-state index in [1.165, 1.54) is 9.88 Å². The second kappa shape index (κ2) is 6.77. The Kier molecular flexibility index (Phi) is 5.51. The van der Waals surface area contributed by atoms with Crippen molar-refractivity contribution in [3.05, 3.63) is 15.6 Å². The Bertz CT molecular complexity index is 439. The molecule has 0 radical (unpaired) electrons. The van der Waals surface area contributed by atoms with E-state index < -0.39 is 5.60 Å². The molecule has 0 saturated carbocycles. The van der Waals surface area contributed by atoms with Gasteiger partial charge in [0.2, 0.25) is 0 Å². The van der Waals surface area contributed by atoms with Crippen LogP contribution in [0.5, 0.6) is 0 Å². The molecule has 3 nitrogen and oxygen atoms in total. The molecule has 0 bridgehead atoms. The number of thioether (sulfide) groups is 1. The highest BCUT2D eigenvalue weighted by Crippen LogP contribution is 2.31. The number of thiazole rings is 1. The lowest BCUT2D eigenvalue weighted by Crippen LogP contribution is -2.44. The summed E-state index contributed by atoms with van der Waals surface area (Å²) in [6.07, 6.45) is 1.80. The normalized spacial score (nSPS) is 20.3. The molecule has 5 heteroatoms. The third-order valence-electron chi connectivity index (χ3n) is 3.90. The van der Waals surface area contributed by atoms with Gasteiger partial charge in [0.15, 0.2) is 0 Å². The summed E-state index contributed by atoms with van der Waals surface area (Å²) in [7, 11) is 0. The van der Waals surface area contributed by atoms with Crippen molar-refractivity contribution < 1.29 is 5.11 Å². The van der Waals surface area contributed by atoms with Crippen LogP contribution in [0.15, 0.2) is 0 Å². The molecule has 1 unspecified atom stereocenters. The highest BCUT2D eigenvalue weighted by Gasteiger charge is 2.30. The highest BCUT2D eigenvalue weighted by molar-refractivity contribution is 7.99. The van der Waals surface area contributed by atoms with Gasteiger partial charge < -0.3 is 10.4 Å². The Balaban J connectivity index is 1.96. The van der Waals surface area contributed by atoms with E-state index in [4.69, 9.17) is 0 Å². The lowest BCUT2D eigenvalue weighted by Gasteiger charge is -2.33. The van der Waals surface area contributed by atoms with Gasteiger partial charge in [0.1, 0.15) is 0 Å². The average Bonchev–Trinajstić information content (AvgIpc) is 2.79. The summed E-state index contributed by atoms with van der Waals surface area (Å²) >= 11 is 3.74. The van der Waals surface area contributed by atoms with Crippen LogP contribution in [0.2, 0.25) is 0 Å². The number of nitrogens with zero attached hydrogens (tertiary/aromatic N) is 1. The lowest BCUT2D eigenvalue weighted by molar-refractivity contribution is 0.0301. The molecule has 1 atom stereocenters. The molecule has 1 saturated heterocycles. The molecule has 1 fully saturated rings. The van der Waals surface area contributed by atoms with Crippen molar-refractivity contribution >= 4 is 23.1 Å². The van der Waals surface area contributed by atoms with E-state index in [0.29, 0.717) is 12.5 Å². The fraction of sp³-hybridized carbons (Fsp3) is 0.800. The van der Waals surface area contributed by atoms with E-state index in [9.17, 15) is 5.11 Å². The number of hydrogen-bond donors (Lipinski definition) is 2. The van der Waals surface area contributed by atoms with Gasteiger partial charge in [0.25, 0.3) is 0 Å². The number of nitrogens with one attached hydrogen (secondary N) is 1. The van der Waals surface area contributed by atoms with Crippen LogP contribution in [0.4, 0.5) is 0 Å². The van der Waals surface area contributed by atoms with Gasteiger partial charge in [-0.2, -0.15) is 11.8 Å². The minimum absolute atomic E-state index is 0.263. The van der Waals surface area contributed by atoms with Crippen LogP contribution >= 0.6 is 23.1 Å². The van der Waals surface area contributed by atoms with Crippen molar-refractivity contribution in [3.8, 4) is 0 Å². The summed E-state index contributed by atoms with van der Waals surface area (Å²) in [6, 6.07) is 0.263.